The Morgan fingerprint density at radius 3 is 2.43 bits per heavy atom. The van der Waals surface area contributed by atoms with E-state index in [1.165, 1.54) is 43.5 Å². The van der Waals surface area contributed by atoms with Crippen LogP contribution in [0.15, 0.2) is 46.4 Å². The van der Waals surface area contributed by atoms with E-state index in [9.17, 15) is 8.42 Å². The van der Waals surface area contributed by atoms with Crippen molar-refractivity contribution in [2.45, 2.75) is 4.90 Å². The van der Waals surface area contributed by atoms with Crippen LogP contribution >= 0.6 is 0 Å². The molecule has 10 heteroatoms. The average molecular weight is 306 g/mol. The molecule has 0 bridgehead atoms. The van der Waals surface area contributed by atoms with Gasteiger partial charge in [0, 0.05) is 16.7 Å². The normalized spacial score (nSPS) is 10.5. The van der Waals surface area contributed by atoms with Gasteiger partial charge in [0.1, 0.15) is 0 Å². The molecule has 0 aliphatic heterocycles. The minimum absolute atomic E-state index is 0.0111. The van der Waals surface area contributed by atoms with E-state index >= 15 is 0 Å². The molecular formula is C11H10N6O3S. The molecule has 0 amide bonds. The van der Waals surface area contributed by atoms with Crippen LogP contribution in [0.1, 0.15) is 0 Å². The van der Waals surface area contributed by atoms with Crippen LogP contribution in [0.2, 0.25) is 0 Å². The van der Waals surface area contributed by atoms with Gasteiger partial charge in [0.2, 0.25) is 5.88 Å². The zero-order valence-electron chi connectivity index (χ0n) is 10.8. The van der Waals surface area contributed by atoms with Crippen molar-refractivity contribution in [2.24, 2.45) is 5.11 Å². The van der Waals surface area contributed by atoms with Crippen LogP contribution in [-0.2, 0) is 10.0 Å². The van der Waals surface area contributed by atoms with Crippen molar-refractivity contribution in [1.82, 2.24) is 10.2 Å². The van der Waals surface area contributed by atoms with Gasteiger partial charge >= 0.3 is 0 Å². The van der Waals surface area contributed by atoms with E-state index in [4.69, 9.17) is 10.3 Å². The quantitative estimate of drug-likeness (QED) is 0.514. The summed E-state index contributed by atoms with van der Waals surface area (Å²) in [5, 5.41) is 10.7. The molecule has 2 aromatic rings. The lowest BCUT2D eigenvalue weighted by atomic mass is 10.3. The molecule has 2 rings (SSSR count). The van der Waals surface area contributed by atoms with Crippen LogP contribution in [0, 0.1) is 0 Å². The predicted octanol–water partition coefficient (Wildman–Crippen LogP) is 2.23. The van der Waals surface area contributed by atoms with Gasteiger partial charge in [-0.2, -0.15) is 0 Å². The summed E-state index contributed by atoms with van der Waals surface area (Å²) in [6.45, 7) is 0. The minimum Gasteiger partial charge on any atom is -0.480 e. The Morgan fingerprint density at radius 2 is 1.90 bits per heavy atom. The number of hydrogen-bond donors (Lipinski definition) is 1. The Bertz CT molecular complexity index is 767. The summed E-state index contributed by atoms with van der Waals surface area (Å²) < 4.78 is 31.3. The van der Waals surface area contributed by atoms with Crippen molar-refractivity contribution < 1.29 is 13.2 Å². The molecule has 0 aliphatic rings. The van der Waals surface area contributed by atoms with Crippen molar-refractivity contribution in [3.05, 3.63) is 46.8 Å². The number of aromatic nitrogens is 2. The molecule has 0 aliphatic carbocycles. The van der Waals surface area contributed by atoms with E-state index in [-0.39, 0.29) is 16.6 Å². The number of benzene rings is 1. The molecular weight excluding hydrogens is 296 g/mol. The standard InChI is InChI=1S/C11H10N6O3S/c1-20-11-7-6-10(14-15-11)16-21(18,19)9-4-2-8(3-5-9)13-17-12/h2-7H,1H3,(H,14,16). The second-order valence-corrected chi connectivity index (χ2v) is 5.43. The van der Waals surface area contributed by atoms with Gasteiger partial charge in [0.25, 0.3) is 10.0 Å². The Kier molecular flexibility index (Phi) is 4.21. The average Bonchev–Trinajstić information content (AvgIpc) is 2.48. The summed E-state index contributed by atoms with van der Waals surface area (Å²) >= 11 is 0. The molecule has 1 aromatic carbocycles. The van der Waals surface area contributed by atoms with Gasteiger partial charge in [0.05, 0.1) is 12.0 Å². The van der Waals surface area contributed by atoms with Crippen LogP contribution in [0.3, 0.4) is 0 Å². The number of azide groups is 1. The molecule has 0 atom stereocenters. The number of ether oxygens (including phenoxy) is 1. The number of sulfonamides is 1. The van der Waals surface area contributed by atoms with Crippen molar-refractivity contribution >= 4 is 21.5 Å². The first-order chi connectivity index (χ1) is 10.0. The van der Waals surface area contributed by atoms with E-state index in [2.05, 4.69) is 24.9 Å². The largest absolute Gasteiger partial charge is 0.480 e. The summed E-state index contributed by atoms with van der Waals surface area (Å²) in [6, 6.07) is 8.35. The maximum atomic E-state index is 12.1. The van der Waals surface area contributed by atoms with Crippen LogP contribution in [-0.4, -0.2) is 25.7 Å². The van der Waals surface area contributed by atoms with Gasteiger partial charge in [-0.3, -0.25) is 4.72 Å². The van der Waals surface area contributed by atoms with Crippen molar-refractivity contribution in [2.75, 3.05) is 11.8 Å². The first-order valence-electron chi connectivity index (χ1n) is 5.61. The molecule has 9 nitrogen and oxygen atoms in total. The van der Waals surface area contributed by atoms with E-state index in [0.29, 0.717) is 5.69 Å². The maximum Gasteiger partial charge on any atom is 0.263 e. The van der Waals surface area contributed by atoms with Crippen molar-refractivity contribution in [1.29, 1.82) is 0 Å². The molecule has 21 heavy (non-hydrogen) atoms. The number of nitrogens with zero attached hydrogens (tertiary/aromatic N) is 5. The van der Waals surface area contributed by atoms with Crippen LogP contribution in [0.5, 0.6) is 5.88 Å². The summed E-state index contributed by atoms with van der Waals surface area (Å²) in [4.78, 5) is 2.62. The third kappa shape index (κ3) is 3.59. The fraction of sp³-hybridized carbons (Fsp3) is 0.0909. The molecule has 0 saturated carbocycles. The Labute approximate surface area is 120 Å². The molecule has 0 radical (unpaired) electrons. The van der Waals surface area contributed by atoms with E-state index in [0.717, 1.165) is 0 Å². The molecule has 0 fully saturated rings. The predicted molar refractivity (Wildman–Crippen MR) is 74.6 cm³/mol. The number of methoxy groups -OCH3 is 1. The highest BCUT2D eigenvalue weighted by atomic mass is 32.2. The molecule has 108 valence electrons. The third-order valence-corrected chi connectivity index (χ3v) is 3.77. The SMILES string of the molecule is COc1ccc(NS(=O)(=O)c2ccc(N=[N+]=[N-])cc2)nn1. The number of anilines is 1. The smallest absolute Gasteiger partial charge is 0.263 e. The second-order valence-electron chi connectivity index (χ2n) is 3.75. The highest BCUT2D eigenvalue weighted by Crippen LogP contribution is 2.19. The van der Waals surface area contributed by atoms with Gasteiger partial charge in [-0.25, -0.2) is 8.42 Å². The topological polar surface area (TPSA) is 130 Å². The molecule has 1 heterocycles. The number of rotatable bonds is 5. The van der Waals surface area contributed by atoms with Gasteiger partial charge in [0.15, 0.2) is 5.82 Å². The van der Waals surface area contributed by atoms with Crippen LogP contribution < -0.4 is 9.46 Å². The fourth-order valence-electron chi connectivity index (χ4n) is 1.42. The highest BCUT2D eigenvalue weighted by molar-refractivity contribution is 7.92. The Balaban J connectivity index is 2.22. The number of nitrogens with one attached hydrogen (secondary N) is 1. The van der Waals surface area contributed by atoms with Crippen LogP contribution in [0.25, 0.3) is 10.4 Å². The summed E-state index contributed by atoms with van der Waals surface area (Å²) in [5.74, 6) is 0.339. The van der Waals surface area contributed by atoms with Gasteiger partial charge < -0.3 is 4.74 Å². The molecule has 0 spiro atoms. The first kappa shape index (κ1) is 14.6. The minimum atomic E-state index is -3.79. The summed E-state index contributed by atoms with van der Waals surface area (Å²) in [7, 11) is -2.36. The zero-order chi connectivity index (χ0) is 15.3. The zero-order valence-corrected chi connectivity index (χ0v) is 11.6. The van der Waals surface area contributed by atoms with E-state index < -0.39 is 10.0 Å². The number of hydrogen-bond acceptors (Lipinski definition) is 6. The fourth-order valence-corrected chi connectivity index (χ4v) is 2.42. The molecule has 0 saturated heterocycles. The summed E-state index contributed by atoms with van der Waals surface area (Å²) in [5.41, 5.74) is 8.61. The second kappa shape index (κ2) is 6.07. The van der Waals surface area contributed by atoms with Gasteiger partial charge in [-0.15, -0.1) is 10.2 Å². The van der Waals surface area contributed by atoms with Crippen molar-refractivity contribution in [3.63, 3.8) is 0 Å². The Morgan fingerprint density at radius 1 is 1.19 bits per heavy atom. The lowest BCUT2D eigenvalue weighted by Crippen LogP contribution is -2.14. The van der Waals surface area contributed by atoms with E-state index in [1.807, 2.05) is 0 Å². The molecule has 1 N–H and O–H groups in total. The maximum absolute atomic E-state index is 12.1. The first-order valence-corrected chi connectivity index (χ1v) is 7.09. The molecule has 0 unspecified atom stereocenters. The van der Waals surface area contributed by atoms with Crippen molar-refractivity contribution in [3.8, 4) is 5.88 Å². The summed E-state index contributed by atoms with van der Waals surface area (Å²) in [6.07, 6.45) is 0. The Hall–Kier alpha value is -2.84. The molecule has 1 aromatic heterocycles. The highest BCUT2D eigenvalue weighted by Gasteiger charge is 2.14. The van der Waals surface area contributed by atoms with Crippen LogP contribution in [0.4, 0.5) is 11.5 Å². The monoisotopic (exact) mass is 306 g/mol. The third-order valence-electron chi connectivity index (χ3n) is 2.40. The lowest BCUT2D eigenvalue weighted by Gasteiger charge is -2.07. The van der Waals surface area contributed by atoms with Gasteiger partial charge in [-0.1, -0.05) is 17.2 Å². The van der Waals surface area contributed by atoms with E-state index in [1.54, 1.807) is 0 Å². The van der Waals surface area contributed by atoms with Gasteiger partial charge in [-0.05, 0) is 23.7 Å². The lowest BCUT2D eigenvalue weighted by molar-refractivity contribution is 0.392.